The van der Waals surface area contributed by atoms with Crippen molar-refractivity contribution in [3.63, 3.8) is 0 Å². The molecule has 2 aromatic carbocycles. The Bertz CT molecular complexity index is 965. The number of carbonyl (C=O) groups is 1. The normalized spacial score (nSPS) is 19.5. The van der Waals surface area contributed by atoms with Crippen LogP contribution in [0.3, 0.4) is 0 Å². The molecule has 1 aliphatic heterocycles. The van der Waals surface area contributed by atoms with E-state index < -0.39 is 11.8 Å². The molecule has 1 saturated heterocycles. The molecule has 3 aromatic rings. The smallest absolute Gasteiger partial charge is 0.260 e. The zero-order chi connectivity index (χ0) is 18.3. The van der Waals surface area contributed by atoms with E-state index >= 15 is 0 Å². The van der Waals surface area contributed by atoms with Crippen LogP contribution in [0.2, 0.25) is 0 Å². The Morgan fingerprint density at radius 3 is 2.69 bits per heavy atom. The summed E-state index contributed by atoms with van der Waals surface area (Å²) in [5.41, 5.74) is 7.97. The third-order valence-corrected chi connectivity index (χ3v) is 4.75. The minimum atomic E-state index is -2.67. The summed E-state index contributed by atoms with van der Waals surface area (Å²) in [7, 11) is 0. The number of hydrogen-bond acceptors (Lipinski definition) is 3. The van der Waals surface area contributed by atoms with Crippen molar-refractivity contribution in [1.29, 1.82) is 0 Å². The number of hydrogen-bond donors (Lipinski definition) is 2. The van der Waals surface area contributed by atoms with E-state index in [1.807, 2.05) is 36.5 Å². The van der Waals surface area contributed by atoms with Crippen LogP contribution in [0.15, 0.2) is 48.7 Å². The summed E-state index contributed by atoms with van der Waals surface area (Å²) in [5.74, 6) is -3.42. The van der Waals surface area contributed by atoms with Gasteiger partial charge in [-0.1, -0.05) is 24.3 Å². The molecule has 0 bridgehead atoms. The fraction of sp³-hybridized carbons (Fsp3) is 0.263. The van der Waals surface area contributed by atoms with Crippen molar-refractivity contribution in [1.82, 2.24) is 15.1 Å². The number of nitrogens with one attached hydrogen (secondary N) is 1. The number of alkyl halides is 2. The van der Waals surface area contributed by atoms with Crippen molar-refractivity contribution in [2.45, 2.75) is 18.3 Å². The van der Waals surface area contributed by atoms with Crippen LogP contribution in [0.1, 0.15) is 28.3 Å². The molecular weight excluding hydrogens is 338 g/mol. The second-order valence-electron chi connectivity index (χ2n) is 6.66. The molecule has 1 atom stereocenters. The minimum absolute atomic E-state index is 0.146. The van der Waals surface area contributed by atoms with Crippen LogP contribution in [0.4, 0.5) is 8.78 Å². The van der Waals surface area contributed by atoms with Crippen molar-refractivity contribution < 1.29 is 13.6 Å². The molecule has 134 valence electrons. The summed E-state index contributed by atoms with van der Waals surface area (Å²) >= 11 is 0. The Hall–Kier alpha value is -2.80. The monoisotopic (exact) mass is 356 g/mol. The molecule has 2 heterocycles. The van der Waals surface area contributed by atoms with E-state index in [-0.39, 0.29) is 18.9 Å². The fourth-order valence-corrected chi connectivity index (χ4v) is 3.45. The van der Waals surface area contributed by atoms with Gasteiger partial charge in [-0.25, -0.2) is 13.5 Å². The lowest BCUT2D eigenvalue weighted by atomic mass is 9.90. The zero-order valence-corrected chi connectivity index (χ0v) is 14.0. The molecule has 0 spiro atoms. The van der Waals surface area contributed by atoms with Crippen molar-refractivity contribution in [3.8, 4) is 5.69 Å². The standard InChI is InChI=1S/C19H18F2N4O/c20-19(21)8-14(9-23-11-19)12-4-6-15(7-5-12)25-10-13-2-1-3-16(18(22)26)17(13)24-25/h1-7,10,14,23H,8-9,11H2,(H2,22,26). The summed E-state index contributed by atoms with van der Waals surface area (Å²) in [6, 6.07) is 12.6. The molecule has 1 aliphatic rings. The quantitative estimate of drug-likeness (QED) is 0.758. The van der Waals surface area contributed by atoms with Crippen LogP contribution in [-0.2, 0) is 0 Å². The highest BCUT2D eigenvalue weighted by molar-refractivity contribution is 6.04. The molecular formula is C19H18F2N4O. The van der Waals surface area contributed by atoms with E-state index in [4.69, 9.17) is 5.73 Å². The molecule has 3 N–H and O–H groups in total. The third kappa shape index (κ3) is 3.06. The van der Waals surface area contributed by atoms with Gasteiger partial charge in [0.25, 0.3) is 11.8 Å². The van der Waals surface area contributed by atoms with Gasteiger partial charge in [0.2, 0.25) is 0 Å². The second-order valence-corrected chi connectivity index (χ2v) is 6.66. The van der Waals surface area contributed by atoms with Crippen LogP contribution in [-0.4, -0.2) is 34.7 Å². The number of aromatic nitrogens is 2. The molecule has 0 aliphatic carbocycles. The number of rotatable bonds is 3. The average molecular weight is 356 g/mol. The van der Waals surface area contributed by atoms with Crippen LogP contribution in [0, 0.1) is 0 Å². The minimum Gasteiger partial charge on any atom is -0.366 e. The molecule has 4 rings (SSSR count). The summed E-state index contributed by atoms with van der Waals surface area (Å²) in [5, 5.41) is 8.05. The zero-order valence-electron chi connectivity index (χ0n) is 14.0. The maximum atomic E-state index is 13.6. The lowest BCUT2D eigenvalue weighted by Crippen LogP contribution is -2.42. The molecule has 0 saturated carbocycles. The highest BCUT2D eigenvalue weighted by atomic mass is 19.3. The van der Waals surface area contributed by atoms with Crippen molar-refractivity contribution in [2.24, 2.45) is 5.73 Å². The number of primary amides is 1. The van der Waals surface area contributed by atoms with E-state index in [1.54, 1.807) is 16.8 Å². The molecule has 5 nitrogen and oxygen atoms in total. The first-order valence-corrected chi connectivity index (χ1v) is 8.40. The number of fused-ring (bicyclic) bond motifs is 1. The third-order valence-electron chi connectivity index (χ3n) is 4.75. The van der Waals surface area contributed by atoms with Crippen molar-refractivity contribution in [2.75, 3.05) is 13.1 Å². The molecule has 1 unspecified atom stereocenters. The van der Waals surface area contributed by atoms with E-state index in [1.165, 1.54) is 0 Å². The second kappa shape index (κ2) is 6.17. The van der Waals surface area contributed by atoms with Gasteiger partial charge in [0.05, 0.1) is 17.8 Å². The predicted octanol–water partition coefficient (Wildman–Crippen LogP) is 2.84. The Morgan fingerprint density at radius 2 is 2.00 bits per heavy atom. The lowest BCUT2D eigenvalue weighted by Gasteiger charge is -2.30. The molecule has 1 aromatic heterocycles. The first-order chi connectivity index (χ1) is 12.4. The Kier molecular flexibility index (Phi) is 3.96. The number of piperidine rings is 1. The first kappa shape index (κ1) is 16.7. The van der Waals surface area contributed by atoms with Gasteiger partial charge in [0.1, 0.15) is 5.52 Å². The lowest BCUT2D eigenvalue weighted by molar-refractivity contribution is -0.0277. The molecule has 0 radical (unpaired) electrons. The molecule has 26 heavy (non-hydrogen) atoms. The molecule has 7 heteroatoms. The van der Waals surface area contributed by atoms with Crippen LogP contribution in [0.25, 0.3) is 16.6 Å². The highest BCUT2D eigenvalue weighted by Gasteiger charge is 2.36. The fourth-order valence-electron chi connectivity index (χ4n) is 3.45. The molecule has 1 amide bonds. The maximum absolute atomic E-state index is 13.6. The van der Waals surface area contributed by atoms with Crippen molar-refractivity contribution >= 4 is 16.8 Å². The Morgan fingerprint density at radius 1 is 1.23 bits per heavy atom. The van der Waals surface area contributed by atoms with Gasteiger partial charge in [-0.05, 0) is 23.8 Å². The van der Waals surface area contributed by atoms with Gasteiger partial charge in [0.15, 0.2) is 0 Å². The van der Waals surface area contributed by atoms with Gasteiger partial charge in [-0.2, -0.15) is 5.10 Å². The number of benzene rings is 2. The average Bonchev–Trinajstić information content (AvgIpc) is 3.05. The predicted molar refractivity (Wildman–Crippen MR) is 94.8 cm³/mol. The molecule has 1 fully saturated rings. The van der Waals surface area contributed by atoms with Gasteiger partial charge in [-0.15, -0.1) is 0 Å². The Labute approximate surface area is 148 Å². The maximum Gasteiger partial charge on any atom is 0.260 e. The van der Waals surface area contributed by atoms with Gasteiger partial charge >= 0.3 is 0 Å². The number of halogens is 2. The van der Waals surface area contributed by atoms with Crippen LogP contribution >= 0.6 is 0 Å². The summed E-state index contributed by atoms with van der Waals surface area (Å²) < 4.78 is 28.8. The van der Waals surface area contributed by atoms with Gasteiger partial charge < -0.3 is 11.1 Å². The summed E-state index contributed by atoms with van der Waals surface area (Å²) in [6.45, 7) is 0.284. The highest BCUT2D eigenvalue weighted by Crippen LogP contribution is 2.33. The van der Waals surface area contributed by atoms with E-state index in [9.17, 15) is 13.6 Å². The van der Waals surface area contributed by atoms with Crippen LogP contribution < -0.4 is 11.1 Å². The van der Waals surface area contributed by atoms with E-state index in [2.05, 4.69) is 10.4 Å². The van der Waals surface area contributed by atoms with Crippen LogP contribution in [0.5, 0.6) is 0 Å². The summed E-state index contributed by atoms with van der Waals surface area (Å²) in [4.78, 5) is 11.5. The van der Waals surface area contributed by atoms with Crippen molar-refractivity contribution in [3.05, 3.63) is 59.8 Å². The number of amides is 1. The van der Waals surface area contributed by atoms with Gasteiger partial charge in [0, 0.05) is 30.5 Å². The van der Waals surface area contributed by atoms with E-state index in [0.717, 1.165) is 16.6 Å². The largest absolute Gasteiger partial charge is 0.366 e. The number of nitrogens with zero attached hydrogens (tertiary/aromatic N) is 2. The number of nitrogens with two attached hydrogens (primary N) is 1. The van der Waals surface area contributed by atoms with E-state index in [0.29, 0.717) is 17.6 Å². The van der Waals surface area contributed by atoms with Gasteiger partial charge in [-0.3, -0.25) is 4.79 Å². The SMILES string of the molecule is NC(=O)c1cccc2cn(-c3ccc(C4CNCC(F)(F)C4)cc3)nc12. The topological polar surface area (TPSA) is 72.9 Å². The first-order valence-electron chi connectivity index (χ1n) is 8.40. The Balaban J connectivity index is 1.64. The number of carbonyl (C=O) groups excluding carboxylic acids is 1. The summed E-state index contributed by atoms with van der Waals surface area (Å²) in [6.07, 6.45) is 1.67.